The number of nitrogens with two attached hydrogens (primary N) is 1. The van der Waals surface area contributed by atoms with Gasteiger partial charge < -0.3 is 21.3 Å². The summed E-state index contributed by atoms with van der Waals surface area (Å²) >= 11 is 0. The van der Waals surface area contributed by atoms with Crippen molar-refractivity contribution in [1.82, 2.24) is 15.1 Å². The highest BCUT2D eigenvalue weighted by Crippen LogP contribution is 2.54. The summed E-state index contributed by atoms with van der Waals surface area (Å²) in [7, 11) is 0. The van der Waals surface area contributed by atoms with Gasteiger partial charge >= 0.3 is 6.18 Å². The SMILES string of the molecule is CC[C@@H]1C[C@](O)(C(F)(F)F)[C@@H](NC(=O)c2cnn(-c3ccc(F)cc3)c2N)c2ccc(F)c(O)c21. The van der Waals surface area contributed by atoms with Crippen LogP contribution in [-0.2, 0) is 0 Å². The van der Waals surface area contributed by atoms with E-state index < -0.39 is 53.4 Å². The van der Waals surface area contributed by atoms with Gasteiger partial charge in [0.2, 0.25) is 0 Å². The van der Waals surface area contributed by atoms with Gasteiger partial charge in [-0.2, -0.15) is 18.3 Å². The summed E-state index contributed by atoms with van der Waals surface area (Å²) in [6.07, 6.45) is -5.00. The number of aromatic hydroxyl groups is 1. The van der Waals surface area contributed by atoms with E-state index in [1.165, 1.54) is 12.1 Å². The van der Waals surface area contributed by atoms with Crippen LogP contribution < -0.4 is 11.1 Å². The quantitative estimate of drug-likeness (QED) is 0.406. The fourth-order valence-electron chi connectivity index (χ4n) is 4.49. The molecule has 0 unspecified atom stereocenters. The summed E-state index contributed by atoms with van der Waals surface area (Å²) in [6.45, 7) is 1.54. The van der Waals surface area contributed by atoms with Gasteiger partial charge in [-0.15, -0.1) is 0 Å². The van der Waals surface area contributed by atoms with Crippen LogP contribution in [0.3, 0.4) is 0 Å². The van der Waals surface area contributed by atoms with Crippen molar-refractivity contribution in [3.63, 3.8) is 0 Å². The van der Waals surface area contributed by atoms with Gasteiger partial charge in [0.05, 0.1) is 17.9 Å². The maximum absolute atomic E-state index is 14.1. The third-order valence-electron chi connectivity index (χ3n) is 6.34. The second-order valence-electron chi connectivity index (χ2n) is 8.37. The number of phenolic OH excluding ortho intramolecular Hbond substituents is 1. The summed E-state index contributed by atoms with van der Waals surface area (Å²) < 4.78 is 70.8. The van der Waals surface area contributed by atoms with Crippen molar-refractivity contribution >= 4 is 11.7 Å². The molecule has 186 valence electrons. The molecule has 0 saturated carbocycles. The average Bonchev–Trinajstić information content (AvgIpc) is 3.18. The Balaban J connectivity index is 1.77. The normalized spacial score (nSPS) is 22.0. The molecule has 0 fully saturated rings. The Kier molecular flexibility index (Phi) is 5.95. The van der Waals surface area contributed by atoms with Crippen molar-refractivity contribution in [2.75, 3.05) is 5.73 Å². The van der Waals surface area contributed by atoms with Gasteiger partial charge in [-0.05, 0) is 54.7 Å². The zero-order valence-electron chi connectivity index (χ0n) is 18.3. The third-order valence-corrected chi connectivity index (χ3v) is 6.34. The molecule has 3 aromatic rings. The summed E-state index contributed by atoms with van der Waals surface area (Å²) in [5, 5.41) is 27.2. The molecule has 3 atom stereocenters. The maximum atomic E-state index is 14.1. The first-order valence-electron chi connectivity index (χ1n) is 10.6. The van der Waals surface area contributed by atoms with Crippen LogP contribution in [0, 0.1) is 11.6 Å². The number of benzene rings is 2. The largest absolute Gasteiger partial charge is 0.505 e. The van der Waals surface area contributed by atoms with Crippen molar-refractivity contribution in [1.29, 1.82) is 0 Å². The number of carbonyl (C=O) groups is 1. The van der Waals surface area contributed by atoms with Crippen molar-refractivity contribution in [3.05, 3.63) is 70.9 Å². The van der Waals surface area contributed by atoms with Gasteiger partial charge in [-0.3, -0.25) is 4.79 Å². The minimum absolute atomic E-state index is 0.0699. The van der Waals surface area contributed by atoms with E-state index in [-0.39, 0.29) is 28.9 Å². The molecule has 12 heteroatoms. The van der Waals surface area contributed by atoms with Crippen LogP contribution >= 0.6 is 0 Å². The van der Waals surface area contributed by atoms with E-state index in [2.05, 4.69) is 10.4 Å². The lowest BCUT2D eigenvalue weighted by Gasteiger charge is -2.45. The van der Waals surface area contributed by atoms with Crippen LogP contribution in [0.4, 0.5) is 27.8 Å². The fraction of sp³-hybridized carbons (Fsp3) is 0.304. The number of fused-ring (bicyclic) bond motifs is 1. The molecule has 7 nitrogen and oxygen atoms in total. The number of rotatable bonds is 4. The van der Waals surface area contributed by atoms with Gasteiger partial charge in [0.25, 0.3) is 5.91 Å². The molecule has 0 radical (unpaired) electrons. The highest BCUT2D eigenvalue weighted by molar-refractivity contribution is 5.98. The predicted octanol–water partition coefficient (Wildman–Crippen LogP) is 4.10. The topological polar surface area (TPSA) is 113 Å². The Bertz CT molecular complexity index is 1280. The number of amides is 1. The standard InChI is InChI=1S/C23H21F5N4O3/c1-2-11-9-22(35,23(26,27)28)19(14-7-8-16(25)18(33)17(11)14)31-21(34)15-10-30-32(20(15)29)13-5-3-12(24)4-6-13/h3-8,10-11,19,33,35H,2,9,29H2,1H3,(H,31,34)/t11-,19+,22-/m1/s1. The molecule has 0 spiro atoms. The number of hydrogen-bond donors (Lipinski definition) is 4. The number of hydrogen-bond acceptors (Lipinski definition) is 5. The first kappa shape index (κ1) is 24.5. The molecular weight excluding hydrogens is 475 g/mol. The van der Waals surface area contributed by atoms with E-state index in [0.717, 1.165) is 35.1 Å². The summed E-state index contributed by atoms with van der Waals surface area (Å²) in [5.41, 5.74) is 2.19. The number of phenols is 1. The Hall–Kier alpha value is -3.67. The molecule has 0 bridgehead atoms. The number of anilines is 1. The number of carbonyl (C=O) groups excluding carboxylic acids is 1. The van der Waals surface area contributed by atoms with Crippen LogP contribution in [0.2, 0.25) is 0 Å². The third kappa shape index (κ3) is 3.97. The van der Waals surface area contributed by atoms with Gasteiger partial charge in [0, 0.05) is 5.56 Å². The first-order valence-corrected chi connectivity index (χ1v) is 10.6. The van der Waals surface area contributed by atoms with Crippen molar-refractivity contribution in [2.45, 2.75) is 43.5 Å². The number of nitrogen functional groups attached to an aromatic ring is 1. The van der Waals surface area contributed by atoms with Crippen molar-refractivity contribution in [3.8, 4) is 11.4 Å². The Morgan fingerprint density at radius 3 is 2.49 bits per heavy atom. The molecule has 5 N–H and O–H groups in total. The lowest BCUT2D eigenvalue weighted by Crippen LogP contribution is -2.58. The molecule has 1 heterocycles. The highest BCUT2D eigenvalue weighted by atomic mass is 19.4. The zero-order valence-corrected chi connectivity index (χ0v) is 18.3. The number of nitrogens with zero attached hydrogens (tertiary/aromatic N) is 2. The first-order chi connectivity index (χ1) is 16.4. The lowest BCUT2D eigenvalue weighted by molar-refractivity contribution is -0.277. The predicted molar refractivity (Wildman–Crippen MR) is 115 cm³/mol. The second-order valence-corrected chi connectivity index (χ2v) is 8.37. The van der Waals surface area contributed by atoms with Crippen LogP contribution in [0.15, 0.2) is 42.6 Å². The Morgan fingerprint density at radius 1 is 1.23 bits per heavy atom. The maximum Gasteiger partial charge on any atom is 0.419 e. The molecule has 2 aromatic carbocycles. The molecule has 1 aliphatic rings. The summed E-state index contributed by atoms with van der Waals surface area (Å²) in [4.78, 5) is 13.0. The molecular formula is C23H21F5N4O3. The smallest absolute Gasteiger partial charge is 0.419 e. The molecule has 4 rings (SSSR count). The van der Waals surface area contributed by atoms with Gasteiger partial charge in [-0.25, -0.2) is 13.5 Å². The van der Waals surface area contributed by atoms with Crippen LogP contribution in [0.1, 0.15) is 53.2 Å². The molecule has 1 aromatic heterocycles. The van der Waals surface area contributed by atoms with E-state index >= 15 is 0 Å². The van der Waals surface area contributed by atoms with E-state index in [9.17, 15) is 37.0 Å². The Morgan fingerprint density at radius 2 is 1.89 bits per heavy atom. The zero-order chi connectivity index (χ0) is 25.7. The van der Waals surface area contributed by atoms with E-state index in [0.29, 0.717) is 5.69 Å². The van der Waals surface area contributed by atoms with Gasteiger partial charge in [0.1, 0.15) is 17.2 Å². The number of aromatic nitrogens is 2. The monoisotopic (exact) mass is 496 g/mol. The van der Waals surface area contributed by atoms with Crippen LogP contribution in [0.25, 0.3) is 5.69 Å². The summed E-state index contributed by atoms with van der Waals surface area (Å²) in [6, 6.07) is 4.63. The van der Waals surface area contributed by atoms with Crippen LogP contribution in [-0.4, -0.2) is 37.7 Å². The number of nitrogens with one attached hydrogen (secondary N) is 1. The van der Waals surface area contributed by atoms with Crippen molar-refractivity contribution < 1.29 is 37.0 Å². The minimum Gasteiger partial charge on any atom is -0.505 e. The minimum atomic E-state index is -5.18. The number of halogens is 5. The van der Waals surface area contributed by atoms with E-state index in [1.54, 1.807) is 6.92 Å². The Labute approximate surface area is 196 Å². The van der Waals surface area contributed by atoms with E-state index in [4.69, 9.17) is 5.73 Å². The average molecular weight is 496 g/mol. The van der Waals surface area contributed by atoms with Crippen LogP contribution in [0.5, 0.6) is 5.75 Å². The van der Waals surface area contributed by atoms with E-state index in [1.807, 2.05) is 0 Å². The van der Waals surface area contributed by atoms with Crippen molar-refractivity contribution in [2.24, 2.45) is 0 Å². The summed E-state index contributed by atoms with van der Waals surface area (Å²) in [5.74, 6) is -4.74. The fourth-order valence-corrected chi connectivity index (χ4v) is 4.49. The highest BCUT2D eigenvalue weighted by Gasteiger charge is 2.62. The molecule has 35 heavy (non-hydrogen) atoms. The second kappa shape index (κ2) is 8.52. The van der Waals surface area contributed by atoms with Gasteiger partial charge in [-0.1, -0.05) is 13.0 Å². The molecule has 1 amide bonds. The number of alkyl halides is 3. The molecule has 0 saturated heterocycles. The number of aliphatic hydroxyl groups is 1. The molecule has 1 aliphatic carbocycles. The molecule has 0 aliphatic heterocycles. The van der Waals surface area contributed by atoms with Gasteiger partial charge in [0.15, 0.2) is 17.2 Å². The lowest BCUT2D eigenvalue weighted by atomic mass is 9.69.